The molecule has 1 aromatic heterocycles. The van der Waals surface area contributed by atoms with Gasteiger partial charge in [-0.1, -0.05) is 12.1 Å². The zero-order valence-electron chi connectivity index (χ0n) is 14.7. The number of carbonyl (C=O) groups excluding carboxylic acids is 1. The van der Waals surface area contributed by atoms with Crippen molar-refractivity contribution in [1.82, 2.24) is 4.98 Å². The van der Waals surface area contributed by atoms with Crippen molar-refractivity contribution < 1.29 is 19.4 Å². The molecule has 144 valence electrons. The minimum Gasteiger partial charge on any atom is -0.459 e. The van der Waals surface area contributed by atoms with E-state index in [0.717, 1.165) is 33.4 Å². The second kappa shape index (κ2) is 8.09. The molecule has 28 heavy (non-hydrogen) atoms. The van der Waals surface area contributed by atoms with Gasteiger partial charge in [0.05, 0.1) is 42.8 Å². The van der Waals surface area contributed by atoms with E-state index in [-0.39, 0.29) is 5.56 Å². The van der Waals surface area contributed by atoms with Crippen LogP contribution in [0.3, 0.4) is 0 Å². The molecule has 0 radical (unpaired) electrons. The molecule has 0 aliphatic heterocycles. The Morgan fingerprint density at radius 2 is 1.79 bits per heavy atom. The molecule has 0 fully saturated rings. The highest BCUT2D eigenvalue weighted by atomic mass is 32.1. The first-order valence-corrected chi connectivity index (χ1v) is 9.14. The Hall–Kier alpha value is -3.40. The van der Waals surface area contributed by atoms with E-state index in [9.17, 15) is 25.0 Å². The Bertz CT molecular complexity index is 999. The average Bonchev–Trinajstić information content (AvgIpc) is 3.09. The molecule has 0 spiro atoms. The zero-order valence-corrected chi connectivity index (χ0v) is 15.5. The summed E-state index contributed by atoms with van der Waals surface area (Å²) in [6.45, 7) is 1.69. The van der Waals surface area contributed by atoms with Gasteiger partial charge in [0.1, 0.15) is 0 Å². The summed E-state index contributed by atoms with van der Waals surface area (Å²) >= 11 is 1.56. The lowest BCUT2D eigenvalue weighted by Crippen LogP contribution is -2.16. The molecule has 0 saturated heterocycles. The molecular weight excluding hydrogens is 386 g/mol. The number of fused-ring (bicyclic) bond motifs is 1. The van der Waals surface area contributed by atoms with Gasteiger partial charge in [0, 0.05) is 18.6 Å². The van der Waals surface area contributed by atoms with Gasteiger partial charge in [-0.2, -0.15) is 0 Å². The number of aryl methyl sites for hydroxylation is 1. The van der Waals surface area contributed by atoms with Gasteiger partial charge in [-0.15, -0.1) is 11.3 Å². The number of carbonyl (C=O) groups is 1. The van der Waals surface area contributed by atoms with Crippen molar-refractivity contribution in [2.24, 2.45) is 0 Å². The van der Waals surface area contributed by atoms with Gasteiger partial charge in [-0.25, -0.2) is 9.78 Å². The van der Waals surface area contributed by atoms with Crippen LogP contribution < -0.4 is 0 Å². The van der Waals surface area contributed by atoms with E-state index < -0.39 is 33.3 Å². The summed E-state index contributed by atoms with van der Waals surface area (Å²) in [5.74, 6) is -0.844. The van der Waals surface area contributed by atoms with E-state index in [4.69, 9.17) is 4.74 Å². The molecule has 1 atom stereocenters. The topological polar surface area (TPSA) is 125 Å². The molecule has 3 aromatic rings. The van der Waals surface area contributed by atoms with Crippen LogP contribution in [-0.2, 0) is 11.2 Å². The van der Waals surface area contributed by atoms with Crippen molar-refractivity contribution in [1.29, 1.82) is 0 Å². The summed E-state index contributed by atoms with van der Waals surface area (Å²) in [4.78, 5) is 37.1. The van der Waals surface area contributed by atoms with Gasteiger partial charge in [-0.05, 0) is 25.5 Å². The fraction of sp³-hybridized carbons (Fsp3) is 0.222. The van der Waals surface area contributed by atoms with E-state index in [0.29, 0.717) is 12.8 Å². The number of non-ortho nitro benzene ring substituents is 2. The lowest BCUT2D eigenvalue weighted by molar-refractivity contribution is -0.394. The van der Waals surface area contributed by atoms with Crippen molar-refractivity contribution in [3.8, 4) is 0 Å². The number of thiazole rings is 1. The van der Waals surface area contributed by atoms with E-state index in [1.165, 1.54) is 0 Å². The molecule has 0 aliphatic carbocycles. The zero-order chi connectivity index (χ0) is 20.3. The number of aromatic nitrogens is 1. The Kier molecular flexibility index (Phi) is 5.59. The Labute approximate surface area is 162 Å². The fourth-order valence-corrected chi connectivity index (χ4v) is 3.57. The maximum atomic E-state index is 12.3. The molecule has 3 rings (SSSR count). The van der Waals surface area contributed by atoms with Crippen LogP contribution in [0.25, 0.3) is 10.2 Å². The number of esters is 1. The molecule has 0 aliphatic rings. The predicted molar refractivity (Wildman–Crippen MR) is 103 cm³/mol. The number of para-hydroxylation sites is 1. The van der Waals surface area contributed by atoms with Crippen LogP contribution in [0, 0.1) is 20.2 Å². The van der Waals surface area contributed by atoms with E-state index in [1.807, 2.05) is 24.3 Å². The quantitative estimate of drug-likeness (QED) is 0.328. The molecule has 0 saturated carbocycles. The second-order valence-corrected chi connectivity index (χ2v) is 7.20. The number of hydrogen-bond acceptors (Lipinski definition) is 8. The van der Waals surface area contributed by atoms with E-state index >= 15 is 0 Å². The largest absolute Gasteiger partial charge is 0.459 e. The lowest BCUT2D eigenvalue weighted by Gasteiger charge is -2.12. The summed E-state index contributed by atoms with van der Waals surface area (Å²) < 4.78 is 6.37. The van der Waals surface area contributed by atoms with Gasteiger partial charge >= 0.3 is 5.97 Å². The van der Waals surface area contributed by atoms with Crippen LogP contribution in [-0.4, -0.2) is 26.9 Å². The van der Waals surface area contributed by atoms with Crippen molar-refractivity contribution in [3.05, 3.63) is 73.3 Å². The molecule has 0 amide bonds. The van der Waals surface area contributed by atoms with Gasteiger partial charge in [-0.3, -0.25) is 20.2 Å². The molecular formula is C18H15N3O6S. The first-order valence-electron chi connectivity index (χ1n) is 8.33. The number of nitrogens with zero attached hydrogens (tertiary/aromatic N) is 3. The summed E-state index contributed by atoms with van der Waals surface area (Å²) in [6.07, 6.45) is 0.615. The van der Waals surface area contributed by atoms with Crippen molar-refractivity contribution in [3.63, 3.8) is 0 Å². The van der Waals surface area contributed by atoms with Crippen LogP contribution >= 0.6 is 11.3 Å². The van der Waals surface area contributed by atoms with Crippen molar-refractivity contribution in [2.75, 3.05) is 0 Å². The molecule has 0 bridgehead atoms. The normalized spacial score (nSPS) is 11.9. The third-order valence-electron chi connectivity index (χ3n) is 3.97. The van der Waals surface area contributed by atoms with Gasteiger partial charge in [0.15, 0.2) is 0 Å². The third kappa shape index (κ3) is 4.46. The smallest absolute Gasteiger partial charge is 0.338 e. The SMILES string of the molecule is C[C@H](CCc1nc2ccccc2s1)OC(=O)c1cc([N+](=O)[O-])cc([N+](=O)[O-])c1. The molecule has 9 nitrogen and oxygen atoms in total. The van der Waals surface area contributed by atoms with E-state index in [2.05, 4.69) is 4.98 Å². The van der Waals surface area contributed by atoms with Crippen LogP contribution in [0.1, 0.15) is 28.7 Å². The molecule has 10 heteroatoms. The second-order valence-electron chi connectivity index (χ2n) is 6.08. The predicted octanol–water partition coefficient (Wildman–Crippen LogP) is 4.29. The van der Waals surface area contributed by atoms with E-state index in [1.54, 1.807) is 18.3 Å². The minimum absolute atomic E-state index is 0.229. The first kappa shape index (κ1) is 19.4. The van der Waals surface area contributed by atoms with Gasteiger partial charge < -0.3 is 4.74 Å². The Morgan fingerprint density at radius 1 is 1.14 bits per heavy atom. The van der Waals surface area contributed by atoms with Gasteiger partial charge in [0.2, 0.25) is 0 Å². The highest BCUT2D eigenvalue weighted by molar-refractivity contribution is 7.18. The number of hydrogen-bond donors (Lipinski definition) is 0. The number of benzene rings is 2. The standard InChI is InChI=1S/C18H15N3O6S/c1-11(6-7-17-19-15-4-2-3-5-16(15)28-17)27-18(22)12-8-13(20(23)24)10-14(9-12)21(25)26/h2-5,8-11H,6-7H2,1H3/t11-/m1/s1. The highest BCUT2D eigenvalue weighted by Gasteiger charge is 2.22. The maximum absolute atomic E-state index is 12.3. The van der Waals surface area contributed by atoms with Gasteiger partial charge in [0.25, 0.3) is 11.4 Å². The molecule has 0 unspecified atom stereocenters. The number of nitro benzene ring substituents is 2. The lowest BCUT2D eigenvalue weighted by atomic mass is 10.1. The highest BCUT2D eigenvalue weighted by Crippen LogP contribution is 2.25. The number of nitro groups is 2. The summed E-state index contributed by atoms with van der Waals surface area (Å²) in [7, 11) is 0. The summed E-state index contributed by atoms with van der Waals surface area (Å²) in [5, 5.41) is 22.8. The fourth-order valence-electron chi connectivity index (χ4n) is 2.59. The Balaban J connectivity index is 1.66. The minimum atomic E-state index is -0.844. The molecule has 0 N–H and O–H groups in total. The average molecular weight is 401 g/mol. The summed E-state index contributed by atoms with van der Waals surface area (Å²) in [5.41, 5.74) is -0.393. The third-order valence-corrected chi connectivity index (χ3v) is 5.07. The molecule has 2 aromatic carbocycles. The maximum Gasteiger partial charge on any atom is 0.338 e. The van der Waals surface area contributed by atoms with Crippen LogP contribution in [0.4, 0.5) is 11.4 Å². The molecule has 1 heterocycles. The summed E-state index contributed by atoms with van der Waals surface area (Å²) in [6, 6.07) is 10.5. The Morgan fingerprint density at radius 3 is 2.39 bits per heavy atom. The number of rotatable bonds is 7. The van der Waals surface area contributed by atoms with Crippen LogP contribution in [0.2, 0.25) is 0 Å². The van der Waals surface area contributed by atoms with Crippen LogP contribution in [0.5, 0.6) is 0 Å². The first-order chi connectivity index (χ1) is 13.3. The van der Waals surface area contributed by atoms with Crippen LogP contribution in [0.15, 0.2) is 42.5 Å². The van der Waals surface area contributed by atoms with Crippen molar-refractivity contribution >= 4 is 38.9 Å². The van der Waals surface area contributed by atoms with Crippen molar-refractivity contribution in [2.45, 2.75) is 25.9 Å². The monoisotopic (exact) mass is 401 g/mol. The number of ether oxygens (including phenoxy) is 1.